The minimum absolute atomic E-state index is 0.226. The van der Waals surface area contributed by atoms with Crippen LogP contribution in [-0.2, 0) is 29.1 Å². The third-order valence-corrected chi connectivity index (χ3v) is 3.61. The largest absolute Gasteiger partial charge is 0.490 e. The van der Waals surface area contributed by atoms with Crippen molar-refractivity contribution in [3.63, 3.8) is 0 Å². The fraction of sp³-hybridized carbons (Fsp3) is 0.250. The van der Waals surface area contributed by atoms with Gasteiger partial charge in [-0.05, 0) is 18.2 Å². The highest BCUT2D eigenvalue weighted by atomic mass is 19.4. The maximum Gasteiger partial charge on any atom is 0.490 e. The first-order valence-corrected chi connectivity index (χ1v) is 8.02. The Morgan fingerprint density at radius 2 is 1.90 bits per heavy atom. The summed E-state index contributed by atoms with van der Waals surface area (Å²) in [6.45, 7) is 0.230. The first-order chi connectivity index (χ1) is 13.9. The number of nitrogens with zero attached hydrogens (tertiary/aromatic N) is 3. The minimum Gasteiger partial charge on any atom is -0.475 e. The lowest BCUT2D eigenvalue weighted by molar-refractivity contribution is -0.192. The Kier molecular flexibility index (Phi) is 6.40. The predicted molar refractivity (Wildman–Crippen MR) is 93.4 cm³/mol. The number of aliphatic carboxylic acids is 1. The van der Waals surface area contributed by atoms with Crippen LogP contribution in [0.15, 0.2) is 30.6 Å². The summed E-state index contributed by atoms with van der Waals surface area (Å²) in [6.07, 6.45) is -2.52. The van der Waals surface area contributed by atoms with E-state index in [2.05, 4.69) is 20.3 Å². The average Bonchev–Trinajstić information content (AvgIpc) is 3.26. The third kappa shape index (κ3) is 5.08. The molecule has 3 aromatic rings. The Morgan fingerprint density at radius 1 is 1.27 bits per heavy atom. The number of alkyl halides is 5. The van der Waals surface area contributed by atoms with Gasteiger partial charge in [-0.15, -0.1) is 0 Å². The van der Waals surface area contributed by atoms with Crippen LogP contribution in [0.4, 0.5) is 27.6 Å². The normalized spacial score (nSPS) is 11.7. The second-order valence-corrected chi connectivity index (χ2v) is 5.81. The molecular weight excluding hydrogens is 419 g/mol. The van der Waals surface area contributed by atoms with Crippen LogP contribution in [0.3, 0.4) is 0 Å². The number of carboxylic acid groups (broad SMARTS) is 1. The van der Waals surface area contributed by atoms with E-state index >= 15 is 0 Å². The van der Waals surface area contributed by atoms with E-state index in [9.17, 15) is 26.7 Å². The SMILES string of the molecule is Cn1ccnc1C(F)(F)C(=O)Nc1ccc2nc(CN)[nH]c2c1.O=C(O)C(F)(F)F. The number of imidazole rings is 2. The number of aromatic amines is 1. The summed E-state index contributed by atoms with van der Waals surface area (Å²) in [5.74, 6) is -8.01. The summed E-state index contributed by atoms with van der Waals surface area (Å²) in [5.41, 5.74) is 6.95. The van der Waals surface area contributed by atoms with Crippen molar-refractivity contribution in [3.8, 4) is 0 Å². The topological polar surface area (TPSA) is 139 Å². The first-order valence-electron chi connectivity index (χ1n) is 8.02. The van der Waals surface area contributed by atoms with Crippen LogP contribution in [0.5, 0.6) is 0 Å². The van der Waals surface area contributed by atoms with Gasteiger partial charge in [0.2, 0.25) is 0 Å². The molecule has 0 spiro atoms. The summed E-state index contributed by atoms with van der Waals surface area (Å²) in [5, 5.41) is 9.32. The number of nitrogens with one attached hydrogen (secondary N) is 2. The van der Waals surface area contributed by atoms with E-state index in [4.69, 9.17) is 15.6 Å². The lowest BCUT2D eigenvalue weighted by atomic mass is 10.2. The number of aromatic nitrogens is 4. The van der Waals surface area contributed by atoms with E-state index in [1.165, 1.54) is 31.6 Å². The molecule has 3 rings (SSSR count). The Hall–Kier alpha value is -3.55. The fourth-order valence-electron chi connectivity index (χ4n) is 2.22. The van der Waals surface area contributed by atoms with Crippen molar-refractivity contribution < 1.29 is 36.6 Å². The van der Waals surface area contributed by atoms with Gasteiger partial charge < -0.3 is 25.7 Å². The number of fused-ring (bicyclic) bond motifs is 1. The van der Waals surface area contributed by atoms with E-state index in [0.717, 1.165) is 4.57 Å². The summed E-state index contributed by atoms with van der Waals surface area (Å²) in [6, 6.07) is 4.63. The highest BCUT2D eigenvalue weighted by Crippen LogP contribution is 2.28. The van der Waals surface area contributed by atoms with E-state index in [0.29, 0.717) is 16.9 Å². The Bertz CT molecular complexity index is 1060. The number of carboxylic acids is 1. The van der Waals surface area contributed by atoms with Crippen LogP contribution >= 0.6 is 0 Å². The van der Waals surface area contributed by atoms with Gasteiger partial charge in [-0.25, -0.2) is 14.8 Å². The maximum atomic E-state index is 14.2. The van der Waals surface area contributed by atoms with Gasteiger partial charge >= 0.3 is 24.0 Å². The summed E-state index contributed by atoms with van der Waals surface area (Å²) in [4.78, 5) is 31.5. The number of halogens is 5. The lowest BCUT2D eigenvalue weighted by Crippen LogP contribution is -2.34. The van der Waals surface area contributed by atoms with Crippen LogP contribution in [0.1, 0.15) is 11.6 Å². The molecule has 1 aromatic carbocycles. The molecule has 2 aromatic heterocycles. The predicted octanol–water partition coefficient (Wildman–Crippen LogP) is 2.12. The van der Waals surface area contributed by atoms with Crippen molar-refractivity contribution in [3.05, 3.63) is 42.2 Å². The number of anilines is 1. The molecule has 0 unspecified atom stereocenters. The smallest absolute Gasteiger partial charge is 0.475 e. The molecule has 0 aliphatic heterocycles. The molecule has 0 radical (unpaired) electrons. The Labute approximate surface area is 164 Å². The number of hydrogen-bond acceptors (Lipinski definition) is 5. The van der Waals surface area contributed by atoms with Gasteiger partial charge in [-0.3, -0.25) is 4.79 Å². The highest BCUT2D eigenvalue weighted by molar-refractivity contribution is 5.97. The van der Waals surface area contributed by atoms with E-state index in [-0.39, 0.29) is 12.2 Å². The summed E-state index contributed by atoms with van der Waals surface area (Å²) < 4.78 is 61.2. The van der Waals surface area contributed by atoms with Crippen LogP contribution in [0, 0.1) is 0 Å². The number of nitrogens with two attached hydrogens (primary N) is 1. The molecule has 0 saturated carbocycles. The second kappa shape index (κ2) is 8.44. The number of H-pyrrole nitrogens is 1. The van der Waals surface area contributed by atoms with Crippen molar-refractivity contribution in [1.29, 1.82) is 0 Å². The molecule has 0 bridgehead atoms. The minimum atomic E-state index is -5.08. The van der Waals surface area contributed by atoms with Crippen LogP contribution in [-0.4, -0.2) is 42.7 Å². The molecule has 1 amide bonds. The van der Waals surface area contributed by atoms with Crippen LogP contribution in [0.25, 0.3) is 11.0 Å². The quantitative estimate of drug-likeness (QED) is 0.464. The number of carbonyl (C=O) groups excluding carboxylic acids is 1. The average molecular weight is 434 g/mol. The number of benzene rings is 1. The monoisotopic (exact) mass is 434 g/mol. The second-order valence-electron chi connectivity index (χ2n) is 5.81. The number of aryl methyl sites for hydroxylation is 1. The number of hydrogen-bond donors (Lipinski definition) is 4. The van der Waals surface area contributed by atoms with E-state index in [1.807, 2.05) is 0 Å². The molecular formula is C16H15F5N6O3. The molecule has 30 heavy (non-hydrogen) atoms. The number of rotatable bonds is 4. The Balaban J connectivity index is 0.000000396. The molecule has 0 fully saturated rings. The standard InChI is InChI=1S/C14H14F2N6O.C2HF3O2/c1-22-5-4-18-12(22)14(15,16)13(23)19-8-2-3-9-10(6-8)21-11(7-17)20-9;3-2(4,5)1(6)7/h2-6H,7,17H2,1H3,(H,19,23)(H,20,21);(H,6,7). The number of carbonyl (C=O) groups is 2. The summed E-state index contributed by atoms with van der Waals surface area (Å²) in [7, 11) is 1.40. The maximum absolute atomic E-state index is 14.2. The molecule has 162 valence electrons. The third-order valence-electron chi connectivity index (χ3n) is 3.61. The van der Waals surface area contributed by atoms with Gasteiger partial charge in [0, 0.05) is 25.1 Å². The molecule has 14 heteroatoms. The zero-order valence-corrected chi connectivity index (χ0v) is 15.2. The van der Waals surface area contributed by atoms with Gasteiger partial charge in [0.15, 0.2) is 5.82 Å². The Morgan fingerprint density at radius 3 is 2.40 bits per heavy atom. The zero-order chi connectivity index (χ0) is 22.7. The molecule has 5 N–H and O–H groups in total. The van der Waals surface area contributed by atoms with Gasteiger partial charge in [-0.1, -0.05) is 0 Å². The number of amides is 1. The van der Waals surface area contributed by atoms with Gasteiger partial charge in [0.1, 0.15) is 5.82 Å². The van der Waals surface area contributed by atoms with Crippen LogP contribution < -0.4 is 11.1 Å². The fourth-order valence-corrected chi connectivity index (χ4v) is 2.22. The van der Waals surface area contributed by atoms with Gasteiger partial charge in [0.25, 0.3) is 0 Å². The van der Waals surface area contributed by atoms with E-state index < -0.39 is 29.8 Å². The van der Waals surface area contributed by atoms with Crippen molar-refractivity contribution in [1.82, 2.24) is 19.5 Å². The lowest BCUT2D eigenvalue weighted by Gasteiger charge is -2.15. The first kappa shape index (κ1) is 22.7. The highest BCUT2D eigenvalue weighted by Gasteiger charge is 2.44. The molecule has 2 heterocycles. The molecule has 0 aliphatic carbocycles. The summed E-state index contributed by atoms with van der Waals surface area (Å²) >= 11 is 0. The molecule has 9 nitrogen and oxygen atoms in total. The van der Waals surface area contributed by atoms with E-state index in [1.54, 1.807) is 6.07 Å². The van der Waals surface area contributed by atoms with Crippen molar-refractivity contribution in [2.45, 2.75) is 18.6 Å². The van der Waals surface area contributed by atoms with Gasteiger partial charge in [-0.2, -0.15) is 22.0 Å². The van der Waals surface area contributed by atoms with Crippen LogP contribution in [0.2, 0.25) is 0 Å². The van der Waals surface area contributed by atoms with Crippen molar-refractivity contribution in [2.24, 2.45) is 12.8 Å². The molecule has 0 atom stereocenters. The molecule has 0 saturated heterocycles. The van der Waals surface area contributed by atoms with Gasteiger partial charge in [0.05, 0.1) is 17.6 Å². The van der Waals surface area contributed by atoms with Crippen molar-refractivity contribution in [2.75, 3.05) is 5.32 Å². The van der Waals surface area contributed by atoms with Crippen molar-refractivity contribution >= 4 is 28.6 Å². The molecule has 0 aliphatic rings. The zero-order valence-electron chi connectivity index (χ0n) is 15.2.